The third kappa shape index (κ3) is 5.02. The number of rotatable bonds is 7. The molecule has 0 aliphatic rings. The smallest absolute Gasteiger partial charge is 0.328 e. The molecule has 1 atom stereocenters. The molecule has 104 valence electrons. The summed E-state index contributed by atoms with van der Waals surface area (Å²) in [5, 5.41) is 10.5. The van der Waals surface area contributed by atoms with Crippen LogP contribution in [0.3, 0.4) is 0 Å². The molecular formula is C12H17N3O4. The molecule has 0 radical (unpaired) electrons. The van der Waals surface area contributed by atoms with Crippen molar-refractivity contribution in [2.24, 2.45) is 11.5 Å². The second-order valence-electron chi connectivity index (χ2n) is 4.06. The Morgan fingerprint density at radius 2 is 1.95 bits per heavy atom. The molecule has 0 saturated carbocycles. The molecule has 0 bridgehead atoms. The minimum Gasteiger partial charge on any atom is -0.425 e. The highest BCUT2D eigenvalue weighted by Crippen LogP contribution is 2.17. The Balaban J connectivity index is 2.49. The fourth-order valence-corrected chi connectivity index (χ4v) is 1.45. The lowest BCUT2D eigenvalue weighted by Crippen LogP contribution is -2.34. The summed E-state index contributed by atoms with van der Waals surface area (Å²) in [4.78, 5) is 21.5. The number of carbonyl (C=O) groups is 1. The van der Waals surface area contributed by atoms with Crippen molar-refractivity contribution in [3.8, 4) is 5.75 Å². The zero-order valence-corrected chi connectivity index (χ0v) is 10.5. The number of non-ortho nitro benzene ring substituents is 1. The number of nitrogens with two attached hydrogens (primary N) is 2. The van der Waals surface area contributed by atoms with E-state index in [1.807, 2.05) is 0 Å². The molecule has 1 aromatic rings. The Kier molecular flexibility index (Phi) is 5.91. The maximum absolute atomic E-state index is 11.6. The van der Waals surface area contributed by atoms with E-state index in [-0.39, 0.29) is 11.4 Å². The van der Waals surface area contributed by atoms with Gasteiger partial charge in [-0.05, 0) is 31.5 Å². The number of ether oxygens (including phenoxy) is 1. The van der Waals surface area contributed by atoms with Crippen LogP contribution in [0.4, 0.5) is 5.69 Å². The number of nitro groups is 1. The van der Waals surface area contributed by atoms with Crippen molar-refractivity contribution in [2.45, 2.75) is 25.3 Å². The number of hydrogen-bond donors (Lipinski definition) is 2. The van der Waals surface area contributed by atoms with Gasteiger partial charge in [-0.15, -0.1) is 0 Å². The van der Waals surface area contributed by atoms with E-state index in [1.54, 1.807) is 0 Å². The second-order valence-corrected chi connectivity index (χ2v) is 4.06. The molecule has 0 aliphatic heterocycles. The molecule has 7 heteroatoms. The van der Waals surface area contributed by atoms with Crippen molar-refractivity contribution >= 4 is 11.7 Å². The lowest BCUT2D eigenvalue weighted by Gasteiger charge is -2.10. The molecule has 0 amide bonds. The minimum atomic E-state index is -0.707. The molecule has 19 heavy (non-hydrogen) atoms. The Morgan fingerprint density at radius 3 is 2.47 bits per heavy atom. The summed E-state index contributed by atoms with van der Waals surface area (Å²) in [7, 11) is 0. The van der Waals surface area contributed by atoms with Crippen LogP contribution in [0.25, 0.3) is 0 Å². The summed E-state index contributed by atoms with van der Waals surface area (Å²) < 4.78 is 5.02. The van der Waals surface area contributed by atoms with Crippen molar-refractivity contribution in [2.75, 3.05) is 6.54 Å². The quantitative estimate of drug-likeness (QED) is 0.249. The van der Waals surface area contributed by atoms with E-state index in [0.29, 0.717) is 13.0 Å². The summed E-state index contributed by atoms with van der Waals surface area (Å²) in [5.74, 6) is -0.309. The van der Waals surface area contributed by atoms with Crippen molar-refractivity contribution in [3.05, 3.63) is 34.4 Å². The van der Waals surface area contributed by atoms with Crippen LogP contribution in [-0.4, -0.2) is 23.5 Å². The van der Waals surface area contributed by atoms with E-state index in [2.05, 4.69) is 0 Å². The number of esters is 1. The van der Waals surface area contributed by atoms with Crippen LogP contribution >= 0.6 is 0 Å². The summed E-state index contributed by atoms with van der Waals surface area (Å²) in [6, 6.07) is 4.55. The minimum absolute atomic E-state index is 0.0629. The van der Waals surface area contributed by atoms with Gasteiger partial charge in [0.1, 0.15) is 11.8 Å². The SMILES string of the molecule is NCCCC[C@H](N)C(=O)Oc1ccc([N+](=O)[O-])cc1. The number of hydrogen-bond acceptors (Lipinski definition) is 6. The van der Waals surface area contributed by atoms with Crippen LogP contribution in [0, 0.1) is 10.1 Å². The molecule has 0 aliphatic carbocycles. The monoisotopic (exact) mass is 267 g/mol. The lowest BCUT2D eigenvalue weighted by atomic mass is 10.1. The van der Waals surface area contributed by atoms with Gasteiger partial charge in [0.25, 0.3) is 5.69 Å². The second kappa shape index (κ2) is 7.45. The van der Waals surface area contributed by atoms with E-state index in [4.69, 9.17) is 16.2 Å². The maximum atomic E-state index is 11.6. The molecule has 7 nitrogen and oxygen atoms in total. The zero-order valence-electron chi connectivity index (χ0n) is 10.5. The standard InChI is InChI=1S/C12H17N3O4/c13-8-2-1-3-11(14)12(16)19-10-6-4-9(5-7-10)15(17)18/h4-7,11H,1-3,8,13-14H2/t11-/m0/s1. The third-order valence-electron chi connectivity index (χ3n) is 2.54. The van der Waals surface area contributed by atoms with Gasteiger partial charge in [-0.1, -0.05) is 6.42 Å². The average Bonchev–Trinajstić information content (AvgIpc) is 2.39. The van der Waals surface area contributed by atoms with E-state index in [1.165, 1.54) is 24.3 Å². The van der Waals surface area contributed by atoms with Crippen LogP contribution in [0.1, 0.15) is 19.3 Å². The molecule has 0 aromatic heterocycles. The summed E-state index contributed by atoms with van der Waals surface area (Å²) in [6.07, 6.45) is 2.06. The van der Waals surface area contributed by atoms with Gasteiger partial charge < -0.3 is 16.2 Å². The highest BCUT2D eigenvalue weighted by molar-refractivity contribution is 5.77. The lowest BCUT2D eigenvalue weighted by molar-refractivity contribution is -0.384. The average molecular weight is 267 g/mol. The van der Waals surface area contributed by atoms with Crippen molar-refractivity contribution in [3.63, 3.8) is 0 Å². The molecule has 0 fully saturated rings. The van der Waals surface area contributed by atoms with Crippen LogP contribution in [0.5, 0.6) is 5.75 Å². The highest BCUT2D eigenvalue weighted by atomic mass is 16.6. The predicted octanol–water partition coefficient (Wildman–Crippen LogP) is 0.957. The maximum Gasteiger partial charge on any atom is 0.328 e. The van der Waals surface area contributed by atoms with Gasteiger partial charge >= 0.3 is 5.97 Å². The Morgan fingerprint density at radius 1 is 1.32 bits per heavy atom. The molecular weight excluding hydrogens is 250 g/mol. The van der Waals surface area contributed by atoms with Gasteiger partial charge in [0.15, 0.2) is 0 Å². The molecule has 1 rings (SSSR count). The number of benzene rings is 1. The molecule has 0 saturated heterocycles. The van der Waals surface area contributed by atoms with Gasteiger partial charge in [-0.3, -0.25) is 10.1 Å². The fraction of sp³-hybridized carbons (Fsp3) is 0.417. The number of carbonyl (C=O) groups excluding carboxylic acids is 1. The van der Waals surface area contributed by atoms with Crippen molar-refractivity contribution in [1.29, 1.82) is 0 Å². The van der Waals surface area contributed by atoms with Gasteiger partial charge in [0.05, 0.1) is 4.92 Å². The number of nitrogens with zero attached hydrogens (tertiary/aromatic N) is 1. The Bertz CT molecular complexity index is 433. The van der Waals surface area contributed by atoms with E-state index < -0.39 is 16.9 Å². The third-order valence-corrected chi connectivity index (χ3v) is 2.54. The number of unbranched alkanes of at least 4 members (excludes halogenated alkanes) is 1. The van der Waals surface area contributed by atoms with E-state index in [9.17, 15) is 14.9 Å². The van der Waals surface area contributed by atoms with Crippen LogP contribution in [0.15, 0.2) is 24.3 Å². The molecule has 0 unspecified atom stereocenters. The number of nitro benzene ring substituents is 1. The van der Waals surface area contributed by atoms with Gasteiger partial charge in [-0.2, -0.15) is 0 Å². The van der Waals surface area contributed by atoms with Gasteiger partial charge in [0.2, 0.25) is 0 Å². The molecule has 0 heterocycles. The first-order valence-electron chi connectivity index (χ1n) is 5.96. The Hall–Kier alpha value is -1.99. The first kappa shape index (κ1) is 15.1. The van der Waals surface area contributed by atoms with Crippen LogP contribution in [0.2, 0.25) is 0 Å². The molecule has 1 aromatic carbocycles. The summed E-state index contributed by atoms with van der Waals surface area (Å²) in [6.45, 7) is 0.560. The first-order chi connectivity index (χ1) is 9.04. The summed E-state index contributed by atoms with van der Waals surface area (Å²) >= 11 is 0. The van der Waals surface area contributed by atoms with E-state index in [0.717, 1.165) is 12.8 Å². The Labute approximate surface area is 110 Å². The van der Waals surface area contributed by atoms with Crippen LogP contribution in [-0.2, 0) is 4.79 Å². The van der Waals surface area contributed by atoms with Gasteiger partial charge in [0, 0.05) is 12.1 Å². The fourth-order valence-electron chi connectivity index (χ4n) is 1.45. The van der Waals surface area contributed by atoms with Gasteiger partial charge in [-0.25, -0.2) is 4.79 Å². The normalized spacial score (nSPS) is 11.9. The highest BCUT2D eigenvalue weighted by Gasteiger charge is 2.16. The largest absolute Gasteiger partial charge is 0.425 e. The topological polar surface area (TPSA) is 121 Å². The van der Waals surface area contributed by atoms with Crippen molar-refractivity contribution < 1.29 is 14.5 Å². The summed E-state index contributed by atoms with van der Waals surface area (Å²) in [5.41, 5.74) is 10.9. The van der Waals surface area contributed by atoms with Crippen LogP contribution < -0.4 is 16.2 Å². The van der Waals surface area contributed by atoms with Crippen molar-refractivity contribution in [1.82, 2.24) is 0 Å². The molecule has 4 N–H and O–H groups in total. The predicted molar refractivity (Wildman–Crippen MR) is 69.6 cm³/mol. The molecule has 0 spiro atoms. The van der Waals surface area contributed by atoms with E-state index >= 15 is 0 Å². The zero-order chi connectivity index (χ0) is 14.3. The first-order valence-corrected chi connectivity index (χ1v) is 5.96.